The predicted molar refractivity (Wildman–Crippen MR) is 80.2 cm³/mol. The van der Waals surface area contributed by atoms with Gasteiger partial charge in [-0.2, -0.15) is 5.10 Å². The molecule has 0 aromatic carbocycles. The molecule has 0 radical (unpaired) electrons. The third-order valence-corrected chi connectivity index (χ3v) is 3.24. The highest BCUT2D eigenvalue weighted by Gasteiger charge is 2.13. The number of nitrogens with one attached hydrogen (secondary N) is 2. The predicted octanol–water partition coefficient (Wildman–Crippen LogP) is -0.00146. The van der Waals surface area contributed by atoms with E-state index in [1.54, 1.807) is 18.9 Å². The summed E-state index contributed by atoms with van der Waals surface area (Å²) in [5.41, 5.74) is 3.09. The van der Waals surface area contributed by atoms with Gasteiger partial charge in [0, 0.05) is 45.1 Å². The van der Waals surface area contributed by atoms with Gasteiger partial charge < -0.3 is 20.1 Å². The Bertz CT molecular complexity index is 446. The van der Waals surface area contributed by atoms with Crippen LogP contribution in [0.25, 0.3) is 0 Å². The maximum atomic E-state index is 11.8. The lowest BCUT2D eigenvalue weighted by atomic mass is 10.2. The van der Waals surface area contributed by atoms with Gasteiger partial charge >= 0.3 is 0 Å². The first-order chi connectivity index (χ1) is 10.1. The molecule has 0 atom stereocenters. The molecule has 0 unspecified atom stereocenters. The zero-order chi connectivity index (χ0) is 15.7. The van der Waals surface area contributed by atoms with Crippen molar-refractivity contribution in [3.8, 4) is 0 Å². The van der Waals surface area contributed by atoms with Gasteiger partial charge in [0.05, 0.1) is 18.9 Å². The van der Waals surface area contributed by atoms with E-state index in [0.717, 1.165) is 30.0 Å². The first-order valence-corrected chi connectivity index (χ1v) is 7.08. The third-order valence-electron chi connectivity index (χ3n) is 3.24. The molecule has 0 aliphatic rings. The standard InChI is InChI=1S/C14H26N4O3/c1-11-13(9-15-5-7-20-3)12(2)18(17-11)10-14(19)16-6-8-21-4/h15H,5-10H2,1-4H3,(H,16,19). The van der Waals surface area contributed by atoms with Crippen LogP contribution in [0, 0.1) is 13.8 Å². The maximum absolute atomic E-state index is 11.8. The van der Waals surface area contributed by atoms with Crippen molar-refractivity contribution < 1.29 is 14.3 Å². The lowest BCUT2D eigenvalue weighted by molar-refractivity contribution is -0.122. The Morgan fingerprint density at radius 1 is 1.19 bits per heavy atom. The van der Waals surface area contributed by atoms with Crippen molar-refractivity contribution >= 4 is 5.91 Å². The number of aryl methyl sites for hydroxylation is 1. The van der Waals surface area contributed by atoms with Crippen LogP contribution in [0.2, 0.25) is 0 Å². The smallest absolute Gasteiger partial charge is 0.241 e. The monoisotopic (exact) mass is 298 g/mol. The van der Waals surface area contributed by atoms with E-state index in [4.69, 9.17) is 9.47 Å². The molecule has 0 spiro atoms. The number of aromatic nitrogens is 2. The number of ether oxygens (including phenoxy) is 2. The minimum atomic E-state index is -0.0588. The van der Waals surface area contributed by atoms with E-state index in [1.165, 1.54) is 0 Å². The number of methoxy groups -OCH3 is 2. The Hall–Kier alpha value is -1.44. The molecule has 1 rings (SSSR count). The summed E-state index contributed by atoms with van der Waals surface area (Å²) in [4.78, 5) is 11.8. The van der Waals surface area contributed by atoms with Crippen LogP contribution in [0.4, 0.5) is 0 Å². The highest BCUT2D eigenvalue weighted by Crippen LogP contribution is 2.12. The first kappa shape index (κ1) is 17.6. The van der Waals surface area contributed by atoms with Crippen molar-refractivity contribution in [3.05, 3.63) is 17.0 Å². The van der Waals surface area contributed by atoms with E-state index < -0.39 is 0 Å². The lowest BCUT2D eigenvalue weighted by Gasteiger charge is -2.07. The van der Waals surface area contributed by atoms with Crippen LogP contribution < -0.4 is 10.6 Å². The fourth-order valence-electron chi connectivity index (χ4n) is 2.02. The molecule has 21 heavy (non-hydrogen) atoms. The molecule has 1 amide bonds. The normalized spacial score (nSPS) is 10.9. The Balaban J connectivity index is 2.54. The molecule has 1 aromatic heterocycles. The molecule has 7 nitrogen and oxygen atoms in total. The molecule has 0 bridgehead atoms. The summed E-state index contributed by atoms with van der Waals surface area (Å²) < 4.78 is 11.6. The maximum Gasteiger partial charge on any atom is 0.241 e. The summed E-state index contributed by atoms with van der Waals surface area (Å²) in [5.74, 6) is -0.0588. The highest BCUT2D eigenvalue weighted by atomic mass is 16.5. The number of hydrogen-bond donors (Lipinski definition) is 2. The van der Waals surface area contributed by atoms with Gasteiger partial charge in [0.1, 0.15) is 6.54 Å². The van der Waals surface area contributed by atoms with Crippen LogP contribution in [-0.4, -0.2) is 56.2 Å². The second-order valence-electron chi connectivity index (χ2n) is 4.82. The molecule has 0 aliphatic heterocycles. The molecule has 1 heterocycles. The number of amides is 1. The summed E-state index contributed by atoms with van der Waals surface area (Å²) in [6, 6.07) is 0. The van der Waals surface area contributed by atoms with Crippen LogP contribution in [0.3, 0.4) is 0 Å². The Morgan fingerprint density at radius 2 is 1.86 bits per heavy atom. The van der Waals surface area contributed by atoms with E-state index in [2.05, 4.69) is 15.7 Å². The van der Waals surface area contributed by atoms with E-state index in [1.807, 2.05) is 13.8 Å². The van der Waals surface area contributed by atoms with Gasteiger partial charge in [-0.15, -0.1) is 0 Å². The topological polar surface area (TPSA) is 77.4 Å². The Morgan fingerprint density at radius 3 is 2.52 bits per heavy atom. The van der Waals surface area contributed by atoms with Crippen LogP contribution in [-0.2, 0) is 27.4 Å². The average Bonchev–Trinajstić information content (AvgIpc) is 2.71. The summed E-state index contributed by atoms with van der Waals surface area (Å²) in [7, 11) is 3.29. The molecule has 0 saturated carbocycles. The molecule has 120 valence electrons. The number of rotatable bonds is 10. The largest absolute Gasteiger partial charge is 0.383 e. The Kier molecular flexibility index (Phi) is 7.96. The van der Waals surface area contributed by atoms with Crippen molar-refractivity contribution in [2.75, 3.05) is 40.5 Å². The Labute approximate surface area is 126 Å². The van der Waals surface area contributed by atoms with Gasteiger partial charge in [0.2, 0.25) is 5.91 Å². The molecule has 1 aromatic rings. The van der Waals surface area contributed by atoms with Crippen molar-refractivity contribution in [1.29, 1.82) is 0 Å². The quantitative estimate of drug-likeness (QED) is 0.595. The minimum Gasteiger partial charge on any atom is -0.383 e. The van der Waals surface area contributed by atoms with Crippen molar-refractivity contribution in [2.24, 2.45) is 0 Å². The second-order valence-corrected chi connectivity index (χ2v) is 4.82. The highest BCUT2D eigenvalue weighted by molar-refractivity contribution is 5.75. The average molecular weight is 298 g/mol. The number of nitrogens with zero attached hydrogens (tertiary/aromatic N) is 2. The summed E-state index contributed by atoms with van der Waals surface area (Å²) in [6.45, 7) is 7.39. The van der Waals surface area contributed by atoms with Crippen molar-refractivity contribution in [3.63, 3.8) is 0 Å². The van der Waals surface area contributed by atoms with Crippen LogP contribution >= 0.6 is 0 Å². The van der Waals surface area contributed by atoms with E-state index in [0.29, 0.717) is 19.8 Å². The number of carbonyl (C=O) groups excluding carboxylic acids is 1. The molecule has 0 saturated heterocycles. The van der Waals surface area contributed by atoms with Gasteiger partial charge in [-0.05, 0) is 13.8 Å². The molecule has 0 aliphatic carbocycles. The number of carbonyl (C=O) groups is 1. The SMILES string of the molecule is COCCNCc1c(C)nn(CC(=O)NCCOC)c1C. The van der Waals surface area contributed by atoms with Crippen LogP contribution in [0.1, 0.15) is 17.0 Å². The molecule has 7 heteroatoms. The van der Waals surface area contributed by atoms with E-state index in [-0.39, 0.29) is 12.5 Å². The van der Waals surface area contributed by atoms with E-state index >= 15 is 0 Å². The van der Waals surface area contributed by atoms with Gasteiger partial charge in [-0.3, -0.25) is 9.48 Å². The molecule has 2 N–H and O–H groups in total. The minimum absolute atomic E-state index is 0.0588. The second kappa shape index (κ2) is 9.49. The van der Waals surface area contributed by atoms with Gasteiger partial charge in [-0.25, -0.2) is 0 Å². The van der Waals surface area contributed by atoms with Gasteiger partial charge in [0.15, 0.2) is 0 Å². The number of hydrogen-bond acceptors (Lipinski definition) is 5. The molecule has 0 fully saturated rings. The summed E-state index contributed by atoms with van der Waals surface area (Å²) in [6.07, 6.45) is 0. The van der Waals surface area contributed by atoms with Crippen molar-refractivity contribution in [1.82, 2.24) is 20.4 Å². The van der Waals surface area contributed by atoms with Gasteiger partial charge in [0.25, 0.3) is 0 Å². The fourth-order valence-corrected chi connectivity index (χ4v) is 2.02. The zero-order valence-corrected chi connectivity index (χ0v) is 13.4. The zero-order valence-electron chi connectivity index (χ0n) is 13.4. The molecular formula is C14H26N4O3. The van der Waals surface area contributed by atoms with Crippen molar-refractivity contribution in [2.45, 2.75) is 26.9 Å². The van der Waals surface area contributed by atoms with Crippen LogP contribution in [0.5, 0.6) is 0 Å². The van der Waals surface area contributed by atoms with E-state index in [9.17, 15) is 4.79 Å². The van der Waals surface area contributed by atoms with Gasteiger partial charge in [-0.1, -0.05) is 0 Å². The molecular weight excluding hydrogens is 272 g/mol. The first-order valence-electron chi connectivity index (χ1n) is 7.08. The summed E-state index contributed by atoms with van der Waals surface area (Å²) in [5, 5.41) is 10.5. The van der Waals surface area contributed by atoms with Crippen LogP contribution in [0.15, 0.2) is 0 Å². The third kappa shape index (κ3) is 5.82. The summed E-state index contributed by atoms with van der Waals surface area (Å²) >= 11 is 0. The lowest BCUT2D eigenvalue weighted by Crippen LogP contribution is -2.31. The fraction of sp³-hybridized carbons (Fsp3) is 0.714.